The van der Waals surface area contributed by atoms with Crippen LogP contribution in [-0.2, 0) is 14.3 Å². The van der Waals surface area contributed by atoms with Gasteiger partial charge in [0.15, 0.2) is 0 Å². The lowest BCUT2D eigenvalue weighted by Crippen LogP contribution is -2.33. The number of furan rings is 1. The molecule has 0 saturated carbocycles. The van der Waals surface area contributed by atoms with Crippen LogP contribution >= 0.6 is 0 Å². The molecule has 152 valence electrons. The lowest BCUT2D eigenvalue weighted by molar-refractivity contribution is -0.384. The number of aliphatic hydroxyl groups is 2. The van der Waals surface area contributed by atoms with E-state index in [1.807, 2.05) is 0 Å². The maximum atomic E-state index is 12.7. The van der Waals surface area contributed by atoms with Gasteiger partial charge in [0, 0.05) is 24.2 Å². The van der Waals surface area contributed by atoms with Gasteiger partial charge < -0.3 is 24.3 Å². The Hall–Kier alpha value is -3.50. The van der Waals surface area contributed by atoms with Gasteiger partial charge >= 0.3 is 0 Å². The van der Waals surface area contributed by atoms with Crippen molar-refractivity contribution >= 4 is 23.1 Å². The number of non-ortho nitro benzene ring substituents is 1. The summed E-state index contributed by atoms with van der Waals surface area (Å²) in [5, 5.41) is 30.3. The van der Waals surface area contributed by atoms with Crippen molar-refractivity contribution in [2.24, 2.45) is 0 Å². The fourth-order valence-electron chi connectivity index (χ4n) is 3.08. The second-order valence-corrected chi connectivity index (χ2v) is 6.15. The molecule has 2 heterocycles. The normalized spacial score (nSPS) is 18.4. The summed E-state index contributed by atoms with van der Waals surface area (Å²) >= 11 is 0. The Kier molecular flexibility index (Phi) is 6.05. The fourth-order valence-corrected chi connectivity index (χ4v) is 3.08. The van der Waals surface area contributed by atoms with E-state index in [0.29, 0.717) is 0 Å². The highest BCUT2D eigenvalue weighted by Crippen LogP contribution is 2.39. The molecule has 1 aliphatic heterocycles. The maximum Gasteiger partial charge on any atom is 0.295 e. The fraction of sp³-hybridized carbons (Fsp3) is 0.263. The van der Waals surface area contributed by atoms with Crippen molar-refractivity contribution in [3.63, 3.8) is 0 Å². The summed E-state index contributed by atoms with van der Waals surface area (Å²) in [5.41, 5.74) is -0.201. The second kappa shape index (κ2) is 8.67. The van der Waals surface area contributed by atoms with E-state index in [1.165, 1.54) is 35.4 Å². The Labute approximate surface area is 164 Å². The average molecular weight is 402 g/mol. The molecule has 29 heavy (non-hydrogen) atoms. The van der Waals surface area contributed by atoms with Crippen molar-refractivity contribution in [2.75, 3.05) is 26.4 Å². The number of hydrogen-bond acceptors (Lipinski definition) is 8. The Bertz CT molecular complexity index is 934. The molecule has 2 aromatic rings. The van der Waals surface area contributed by atoms with Crippen molar-refractivity contribution in [2.45, 2.75) is 6.04 Å². The number of carbonyl (C=O) groups is 2. The molecule has 10 nitrogen and oxygen atoms in total. The van der Waals surface area contributed by atoms with Crippen LogP contribution < -0.4 is 0 Å². The van der Waals surface area contributed by atoms with E-state index in [0.717, 1.165) is 0 Å². The molecule has 0 bridgehead atoms. The van der Waals surface area contributed by atoms with Crippen LogP contribution in [0.2, 0.25) is 0 Å². The van der Waals surface area contributed by atoms with Gasteiger partial charge in [-0.3, -0.25) is 19.7 Å². The lowest BCUT2D eigenvalue weighted by Gasteiger charge is -2.23. The van der Waals surface area contributed by atoms with Crippen molar-refractivity contribution in [3.05, 3.63) is 69.7 Å². The van der Waals surface area contributed by atoms with Crippen molar-refractivity contribution in [1.82, 2.24) is 4.90 Å². The largest absolute Gasteiger partial charge is 0.507 e. The van der Waals surface area contributed by atoms with Gasteiger partial charge in [0.25, 0.3) is 17.4 Å². The first-order valence-electron chi connectivity index (χ1n) is 8.71. The third-order valence-corrected chi connectivity index (χ3v) is 4.42. The van der Waals surface area contributed by atoms with Crippen LogP contribution in [0.3, 0.4) is 0 Å². The standard InChI is InChI=1S/C19H18N2O8/c22-8-11-28-10-7-20-16(14-2-1-9-29-14)15(18(24)19(20)25)17(23)12-3-5-13(6-4-12)21(26)27/h1-6,9,16,22-23H,7-8,10-11H2. The lowest BCUT2D eigenvalue weighted by atomic mass is 9.99. The van der Waals surface area contributed by atoms with E-state index in [1.54, 1.807) is 12.1 Å². The molecule has 1 unspecified atom stereocenters. The van der Waals surface area contributed by atoms with E-state index in [9.17, 15) is 24.8 Å². The van der Waals surface area contributed by atoms with E-state index in [-0.39, 0.29) is 48.9 Å². The van der Waals surface area contributed by atoms with Crippen molar-refractivity contribution < 1.29 is 33.9 Å². The van der Waals surface area contributed by atoms with Gasteiger partial charge in [-0.2, -0.15) is 0 Å². The number of nitro benzene ring substituents is 1. The molecule has 1 amide bonds. The molecule has 2 N–H and O–H groups in total. The third kappa shape index (κ3) is 4.03. The van der Waals surface area contributed by atoms with Gasteiger partial charge in [-0.25, -0.2) is 0 Å². The molecular formula is C19H18N2O8. The van der Waals surface area contributed by atoms with Gasteiger partial charge in [-0.15, -0.1) is 0 Å². The Morgan fingerprint density at radius 3 is 2.52 bits per heavy atom. The van der Waals surface area contributed by atoms with Crippen LogP contribution in [0.5, 0.6) is 0 Å². The summed E-state index contributed by atoms with van der Waals surface area (Å²) in [5.74, 6) is -1.92. The molecule has 1 saturated heterocycles. The Morgan fingerprint density at radius 1 is 1.21 bits per heavy atom. The van der Waals surface area contributed by atoms with Crippen LogP contribution in [0.1, 0.15) is 17.4 Å². The molecule has 1 aromatic carbocycles. The minimum atomic E-state index is -0.974. The molecule has 0 radical (unpaired) electrons. The van der Waals surface area contributed by atoms with Crippen LogP contribution in [0, 0.1) is 10.1 Å². The topological polar surface area (TPSA) is 143 Å². The average Bonchev–Trinajstić information content (AvgIpc) is 3.33. The molecule has 3 rings (SSSR count). The number of aliphatic hydroxyl groups excluding tert-OH is 2. The zero-order valence-corrected chi connectivity index (χ0v) is 15.2. The molecule has 0 spiro atoms. The van der Waals surface area contributed by atoms with E-state index < -0.39 is 28.4 Å². The summed E-state index contributed by atoms with van der Waals surface area (Å²) in [6.07, 6.45) is 1.38. The predicted molar refractivity (Wildman–Crippen MR) is 98.7 cm³/mol. The summed E-state index contributed by atoms with van der Waals surface area (Å²) in [6.45, 7) is 0.00799. The zero-order chi connectivity index (χ0) is 21.0. The number of amides is 1. The molecular weight excluding hydrogens is 384 g/mol. The van der Waals surface area contributed by atoms with E-state index in [4.69, 9.17) is 14.3 Å². The third-order valence-electron chi connectivity index (χ3n) is 4.42. The van der Waals surface area contributed by atoms with E-state index >= 15 is 0 Å². The molecule has 0 aliphatic carbocycles. The van der Waals surface area contributed by atoms with Crippen molar-refractivity contribution in [3.8, 4) is 0 Å². The molecule has 1 aliphatic rings. The number of ketones is 1. The Balaban J connectivity index is 2.00. The van der Waals surface area contributed by atoms with Gasteiger partial charge in [-0.05, 0) is 24.3 Å². The zero-order valence-electron chi connectivity index (χ0n) is 15.2. The van der Waals surface area contributed by atoms with Crippen LogP contribution in [0.4, 0.5) is 5.69 Å². The van der Waals surface area contributed by atoms with E-state index in [2.05, 4.69) is 0 Å². The highest BCUT2D eigenvalue weighted by atomic mass is 16.6. The monoisotopic (exact) mass is 402 g/mol. The summed E-state index contributed by atoms with van der Waals surface area (Å²) < 4.78 is 10.6. The van der Waals surface area contributed by atoms with Gasteiger partial charge in [0.1, 0.15) is 17.6 Å². The van der Waals surface area contributed by atoms with Crippen LogP contribution in [0.25, 0.3) is 5.76 Å². The smallest absolute Gasteiger partial charge is 0.295 e. The summed E-state index contributed by atoms with van der Waals surface area (Å²) in [6, 6.07) is 7.16. The van der Waals surface area contributed by atoms with Gasteiger partial charge in [0.2, 0.25) is 0 Å². The number of carbonyl (C=O) groups excluding carboxylic acids is 2. The molecule has 1 atom stereocenters. The first-order valence-corrected chi connectivity index (χ1v) is 8.71. The Morgan fingerprint density at radius 2 is 1.93 bits per heavy atom. The molecule has 1 aromatic heterocycles. The van der Waals surface area contributed by atoms with Crippen LogP contribution in [0.15, 0.2) is 52.7 Å². The highest BCUT2D eigenvalue weighted by Gasteiger charge is 2.47. The quantitative estimate of drug-likeness (QED) is 0.169. The van der Waals surface area contributed by atoms with Crippen LogP contribution in [-0.4, -0.2) is 58.1 Å². The molecule has 1 fully saturated rings. The number of likely N-dealkylation sites (tertiary alicyclic amines) is 1. The maximum absolute atomic E-state index is 12.7. The SMILES string of the molecule is O=C1C(=O)N(CCOCCO)C(c2ccco2)C1=C(O)c1ccc([N+](=O)[O-])cc1. The number of Topliss-reactive ketones (excluding diaryl/α,β-unsaturated/α-hetero) is 1. The summed E-state index contributed by atoms with van der Waals surface area (Å²) in [4.78, 5) is 36.7. The number of benzene rings is 1. The highest BCUT2D eigenvalue weighted by molar-refractivity contribution is 6.46. The summed E-state index contributed by atoms with van der Waals surface area (Å²) in [7, 11) is 0. The predicted octanol–water partition coefficient (Wildman–Crippen LogP) is 1.62. The first-order chi connectivity index (χ1) is 14.0. The minimum Gasteiger partial charge on any atom is -0.507 e. The van der Waals surface area contributed by atoms with Gasteiger partial charge in [-0.1, -0.05) is 0 Å². The number of nitrogens with zero attached hydrogens (tertiary/aromatic N) is 2. The number of nitro groups is 1. The number of rotatable bonds is 8. The minimum absolute atomic E-state index is 0.0347. The van der Waals surface area contributed by atoms with Gasteiger partial charge in [0.05, 0.1) is 36.6 Å². The number of ether oxygens (including phenoxy) is 1. The first kappa shape index (κ1) is 20.2. The molecule has 10 heteroatoms. The van der Waals surface area contributed by atoms with Crippen molar-refractivity contribution in [1.29, 1.82) is 0 Å². The number of hydrogen-bond donors (Lipinski definition) is 2. The second-order valence-electron chi connectivity index (χ2n) is 6.15.